The predicted octanol–water partition coefficient (Wildman–Crippen LogP) is 4.67. The van der Waals surface area contributed by atoms with Crippen molar-refractivity contribution in [2.75, 3.05) is 6.54 Å². The van der Waals surface area contributed by atoms with Gasteiger partial charge in [0.2, 0.25) is 0 Å². The fraction of sp³-hybridized carbons (Fsp3) is 0.333. The van der Waals surface area contributed by atoms with Crippen molar-refractivity contribution in [1.82, 2.24) is 14.1 Å². The molecule has 8 heteroatoms. The average Bonchev–Trinajstić information content (AvgIpc) is 3.14. The lowest BCUT2D eigenvalue weighted by Crippen LogP contribution is -2.36. The Labute approximate surface area is 191 Å². The molecule has 0 saturated carbocycles. The van der Waals surface area contributed by atoms with Gasteiger partial charge in [-0.1, -0.05) is 43.2 Å². The lowest BCUT2D eigenvalue weighted by Gasteiger charge is -2.23. The minimum Gasteiger partial charge on any atom is -0.755 e. The third-order valence-corrected chi connectivity index (χ3v) is 5.78. The van der Waals surface area contributed by atoms with E-state index in [2.05, 4.69) is 18.1 Å². The van der Waals surface area contributed by atoms with Crippen molar-refractivity contribution in [3.63, 3.8) is 0 Å². The summed E-state index contributed by atoms with van der Waals surface area (Å²) < 4.78 is 31.0. The summed E-state index contributed by atoms with van der Waals surface area (Å²) in [5.74, 6) is 0.300. The Kier molecular flexibility index (Phi) is 8.19. The number of benzene rings is 2. The van der Waals surface area contributed by atoms with Crippen LogP contribution in [0.1, 0.15) is 42.3 Å². The van der Waals surface area contributed by atoms with Gasteiger partial charge >= 0.3 is 6.09 Å². The Bertz CT molecular complexity index is 1060. The van der Waals surface area contributed by atoms with Crippen LogP contribution in [0.4, 0.5) is 4.79 Å². The summed E-state index contributed by atoms with van der Waals surface area (Å²) in [6.45, 7) is 6.04. The van der Waals surface area contributed by atoms with Crippen LogP contribution in [0.3, 0.4) is 0 Å². The molecule has 1 unspecified atom stereocenters. The largest absolute Gasteiger partial charge is 0.755 e. The summed E-state index contributed by atoms with van der Waals surface area (Å²) >= 11 is -2.73. The van der Waals surface area contributed by atoms with Gasteiger partial charge in [-0.2, -0.15) is 5.10 Å². The summed E-state index contributed by atoms with van der Waals surface area (Å²) in [5.41, 5.74) is 5.02. The van der Waals surface area contributed by atoms with Gasteiger partial charge in [0, 0.05) is 12.2 Å². The van der Waals surface area contributed by atoms with Gasteiger partial charge in [0.25, 0.3) is 0 Å². The second kappa shape index (κ2) is 11.1. The van der Waals surface area contributed by atoms with E-state index >= 15 is 0 Å². The molecule has 1 aromatic heterocycles. The van der Waals surface area contributed by atoms with Crippen LogP contribution < -0.4 is 4.74 Å². The second-order valence-electron chi connectivity index (χ2n) is 7.71. The van der Waals surface area contributed by atoms with Gasteiger partial charge in [0.1, 0.15) is 5.75 Å². The molecule has 0 fully saturated rings. The lowest BCUT2D eigenvalue weighted by molar-refractivity contribution is 0.178. The van der Waals surface area contributed by atoms with Crippen LogP contribution in [0.25, 0.3) is 5.69 Å². The van der Waals surface area contributed by atoms with Crippen LogP contribution in [-0.2, 0) is 24.1 Å². The topological polar surface area (TPSA) is 87.5 Å². The van der Waals surface area contributed by atoms with Crippen molar-refractivity contribution < 1.29 is 18.3 Å². The molecule has 0 radical (unpaired) electrons. The van der Waals surface area contributed by atoms with E-state index in [0.717, 1.165) is 41.8 Å². The summed E-state index contributed by atoms with van der Waals surface area (Å²) in [5, 5.41) is 4.60. The average molecular weight is 455 g/mol. The SMILES string of the molecule is CCCCc1cc(C)nn1-c1ccc(CCN(C(=O)Oc2ccc(C)cc2)S(=O)[O-])cc1. The number of carbonyl (C=O) groups is 1. The quantitative estimate of drug-likeness (QED) is 0.439. The molecule has 1 heterocycles. The van der Waals surface area contributed by atoms with Gasteiger partial charge in [0.05, 0.1) is 22.6 Å². The number of ether oxygens (including phenoxy) is 1. The highest BCUT2D eigenvalue weighted by Crippen LogP contribution is 2.17. The minimum atomic E-state index is -2.73. The van der Waals surface area contributed by atoms with Crippen LogP contribution in [0.2, 0.25) is 0 Å². The molecule has 7 nitrogen and oxygen atoms in total. The zero-order valence-corrected chi connectivity index (χ0v) is 19.4. The third-order valence-electron chi connectivity index (χ3n) is 5.09. The maximum absolute atomic E-state index is 12.3. The van der Waals surface area contributed by atoms with Gasteiger partial charge in [-0.05, 0) is 69.0 Å². The van der Waals surface area contributed by atoms with E-state index in [1.54, 1.807) is 24.3 Å². The zero-order chi connectivity index (χ0) is 23.1. The van der Waals surface area contributed by atoms with Crippen molar-refractivity contribution in [3.05, 3.63) is 77.1 Å². The molecule has 0 spiro atoms. The lowest BCUT2D eigenvalue weighted by atomic mass is 10.1. The molecule has 0 aliphatic rings. The molecule has 3 rings (SSSR count). The summed E-state index contributed by atoms with van der Waals surface area (Å²) in [6.07, 6.45) is 2.63. The van der Waals surface area contributed by atoms with E-state index in [1.807, 2.05) is 42.8 Å². The highest BCUT2D eigenvalue weighted by Gasteiger charge is 2.17. The van der Waals surface area contributed by atoms with Crippen molar-refractivity contribution in [1.29, 1.82) is 0 Å². The Morgan fingerprint density at radius 1 is 1.09 bits per heavy atom. The fourth-order valence-corrected chi connectivity index (χ4v) is 3.73. The van der Waals surface area contributed by atoms with E-state index in [1.165, 1.54) is 5.69 Å². The Hall–Kier alpha value is -2.97. The van der Waals surface area contributed by atoms with E-state index in [9.17, 15) is 13.6 Å². The maximum atomic E-state index is 12.3. The number of hydrogen-bond acceptors (Lipinski definition) is 5. The van der Waals surface area contributed by atoms with E-state index in [4.69, 9.17) is 4.74 Å². The first-order valence-corrected chi connectivity index (χ1v) is 11.7. The second-order valence-corrected chi connectivity index (χ2v) is 8.58. The third kappa shape index (κ3) is 6.27. The minimum absolute atomic E-state index is 0.0111. The number of unbranched alkanes of at least 4 members (excludes halogenated alkanes) is 1. The molecule has 0 aliphatic heterocycles. The van der Waals surface area contributed by atoms with Crippen LogP contribution in [0.15, 0.2) is 54.6 Å². The molecular formula is C24H28N3O4S-. The van der Waals surface area contributed by atoms with Gasteiger partial charge in [-0.15, -0.1) is 0 Å². The number of carbonyl (C=O) groups excluding carboxylic acids is 1. The van der Waals surface area contributed by atoms with Crippen molar-refractivity contribution >= 4 is 17.4 Å². The molecule has 0 aliphatic carbocycles. The zero-order valence-electron chi connectivity index (χ0n) is 18.6. The number of rotatable bonds is 9. The van der Waals surface area contributed by atoms with E-state index in [0.29, 0.717) is 16.5 Å². The monoisotopic (exact) mass is 454 g/mol. The number of nitrogens with zero attached hydrogens (tertiary/aromatic N) is 3. The van der Waals surface area contributed by atoms with Crippen LogP contribution in [0.5, 0.6) is 5.75 Å². The fourth-order valence-electron chi connectivity index (χ4n) is 3.33. The Morgan fingerprint density at radius 3 is 2.41 bits per heavy atom. The number of aryl methyl sites for hydroxylation is 3. The van der Waals surface area contributed by atoms with Gasteiger partial charge in [-0.3, -0.25) is 4.21 Å². The van der Waals surface area contributed by atoms with Gasteiger partial charge in [0.15, 0.2) is 0 Å². The molecule has 32 heavy (non-hydrogen) atoms. The molecule has 1 amide bonds. The Balaban J connectivity index is 1.64. The summed E-state index contributed by atoms with van der Waals surface area (Å²) in [7, 11) is 0. The standard InChI is InChI=1S/C24H29N3O4S/c1-4-5-6-22-17-19(3)25-27(22)21-11-9-20(10-12-21)15-16-26(32(29)30)24(28)31-23-13-7-18(2)8-14-23/h7-14,17H,4-6,15-16H2,1-3H3,(H,29,30)/p-1. The first-order valence-electron chi connectivity index (χ1n) is 10.7. The smallest absolute Gasteiger partial charge is 0.426 e. The first-order chi connectivity index (χ1) is 15.4. The molecule has 0 N–H and O–H groups in total. The predicted molar refractivity (Wildman–Crippen MR) is 123 cm³/mol. The van der Waals surface area contributed by atoms with Crippen molar-refractivity contribution in [2.45, 2.75) is 46.5 Å². The van der Waals surface area contributed by atoms with Crippen LogP contribution in [-0.4, -0.2) is 35.5 Å². The normalized spacial score (nSPS) is 11.9. The number of aromatic nitrogens is 2. The van der Waals surface area contributed by atoms with Crippen molar-refractivity contribution in [3.8, 4) is 11.4 Å². The van der Waals surface area contributed by atoms with E-state index < -0.39 is 17.4 Å². The summed E-state index contributed by atoms with van der Waals surface area (Å²) in [6, 6.07) is 16.7. The highest BCUT2D eigenvalue weighted by molar-refractivity contribution is 7.77. The molecule has 3 aromatic rings. The maximum Gasteiger partial charge on any atom is 0.426 e. The molecular weight excluding hydrogens is 426 g/mol. The first kappa shape index (κ1) is 23.7. The van der Waals surface area contributed by atoms with Crippen LogP contribution in [0, 0.1) is 13.8 Å². The molecule has 0 saturated heterocycles. The van der Waals surface area contributed by atoms with E-state index in [-0.39, 0.29) is 6.54 Å². The molecule has 1 atom stereocenters. The summed E-state index contributed by atoms with van der Waals surface area (Å²) in [4.78, 5) is 12.3. The molecule has 0 bridgehead atoms. The highest BCUT2D eigenvalue weighted by atomic mass is 32.2. The van der Waals surface area contributed by atoms with Gasteiger partial charge < -0.3 is 9.29 Å². The van der Waals surface area contributed by atoms with Gasteiger partial charge in [-0.25, -0.2) is 13.8 Å². The Morgan fingerprint density at radius 2 is 1.78 bits per heavy atom. The molecule has 170 valence electrons. The molecule has 2 aromatic carbocycles. The number of amides is 1. The van der Waals surface area contributed by atoms with Crippen LogP contribution >= 0.6 is 0 Å². The van der Waals surface area contributed by atoms with Crippen molar-refractivity contribution in [2.24, 2.45) is 0 Å². The number of hydrogen-bond donors (Lipinski definition) is 0.